The third kappa shape index (κ3) is 5.58. The zero-order valence-corrected chi connectivity index (χ0v) is 14.8. The molecule has 0 saturated heterocycles. The Kier molecular flexibility index (Phi) is 6.56. The molecule has 0 saturated carbocycles. The minimum Gasteiger partial charge on any atom is -0.323 e. The van der Waals surface area contributed by atoms with Crippen LogP contribution in [0.2, 0.25) is 5.02 Å². The number of halogens is 2. The number of para-hydroxylation sites is 1. The second kappa shape index (κ2) is 8.86. The second-order valence-corrected chi connectivity index (χ2v) is 5.82. The summed E-state index contributed by atoms with van der Waals surface area (Å²) in [5, 5.41) is 16.7. The first-order valence-corrected chi connectivity index (χ1v) is 7.97. The fourth-order valence-corrected chi connectivity index (χ4v) is 2.29. The van der Waals surface area contributed by atoms with Gasteiger partial charge >= 0.3 is 0 Å². The van der Waals surface area contributed by atoms with Crippen LogP contribution in [-0.2, 0) is 4.79 Å². The molecular formula is C17H14ClFN4O4. The Labute approximate surface area is 158 Å². The van der Waals surface area contributed by atoms with Gasteiger partial charge in [-0.05, 0) is 31.2 Å². The molecule has 0 radical (unpaired) electrons. The highest BCUT2D eigenvalue weighted by Crippen LogP contribution is 2.24. The molecule has 140 valence electrons. The number of anilines is 1. The molecule has 10 heteroatoms. The first kappa shape index (κ1) is 20.0. The highest BCUT2D eigenvalue weighted by atomic mass is 35.5. The van der Waals surface area contributed by atoms with Crippen molar-refractivity contribution in [3.05, 3.63) is 69.0 Å². The molecule has 2 amide bonds. The monoisotopic (exact) mass is 392 g/mol. The topological polar surface area (TPSA) is 114 Å². The summed E-state index contributed by atoms with van der Waals surface area (Å²) in [7, 11) is 0. The number of nitrogens with zero attached hydrogens (tertiary/aromatic N) is 2. The Morgan fingerprint density at radius 2 is 1.96 bits per heavy atom. The Morgan fingerprint density at radius 3 is 2.59 bits per heavy atom. The molecule has 0 bridgehead atoms. The van der Waals surface area contributed by atoms with Gasteiger partial charge in [-0.15, -0.1) is 0 Å². The van der Waals surface area contributed by atoms with E-state index >= 15 is 0 Å². The summed E-state index contributed by atoms with van der Waals surface area (Å²) in [5.74, 6) is -1.72. The summed E-state index contributed by atoms with van der Waals surface area (Å²) < 4.78 is 13.5. The summed E-state index contributed by atoms with van der Waals surface area (Å²) in [4.78, 5) is 33.9. The number of carbonyl (C=O) groups excluding carboxylic acids is 2. The molecule has 0 fully saturated rings. The largest absolute Gasteiger partial charge is 0.323 e. The molecule has 0 aromatic heterocycles. The van der Waals surface area contributed by atoms with Gasteiger partial charge in [0.15, 0.2) is 0 Å². The SMILES string of the molecule is CC(CC(=O)Nc1ccccc1F)=NNC(=O)c1ccc([N+](=O)[O-])c(Cl)c1. The first-order chi connectivity index (χ1) is 12.8. The number of carbonyl (C=O) groups is 2. The van der Waals surface area contributed by atoms with Crippen molar-refractivity contribution in [2.45, 2.75) is 13.3 Å². The number of amides is 2. The molecule has 0 heterocycles. The molecule has 0 aliphatic heterocycles. The van der Waals surface area contributed by atoms with Crippen LogP contribution in [0.3, 0.4) is 0 Å². The quantitative estimate of drug-likeness (QED) is 0.444. The number of benzene rings is 2. The number of hydrazone groups is 1. The second-order valence-electron chi connectivity index (χ2n) is 5.42. The Balaban J connectivity index is 1.95. The van der Waals surface area contributed by atoms with Gasteiger partial charge in [-0.1, -0.05) is 23.7 Å². The van der Waals surface area contributed by atoms with E-state index in [0.29, 0.717) is 0 Å². The lowest BCUT2D eigenvalue weighted by molar-refractivity contribution is -0.384. The third-order valence-corrected chi connectivity index (χ3v) is 3.62. The Hall–Kier alpha value is -3.33. The molecule has 27 heavy (non-hydrogen) atoms. The summed E-state index contributed by atoms with van der Waals surface area (Å²) in [6.45, 7) is 1.50. The maximum Gasteiger partial charge on any atom is 0.287 e. The highest BCUT2D eigenvalue weighted by Gasteiger charge is 2.15. The molecule has 8 nitrogen and oxygen atoms in total. The predicted octanol–water partition coefficient (Wildman–Crippen LogP) is 3.52. The van der Waals surface area contributed by atoms with Crippen LogP contribution in [-0.4, -0.2) is 22.4 Å². The Morgan fingerprint density at radius 1 is 1.26 bits per heavy atom. The molecule has 0 aliphatic carbocycles. The maximum atomic E-state index is 13.5. The van der Waals surface area contributed by atoms with Crippen LogP contribution in [0.1, 0.15) is 23.7 Å². The van der Waals surface area contributed by atoms with Crippen molar-refractivity contribution in [1.82, 2.24) is 5.43 Å². The predicted molar refractivity (Wildman–Crippen MR) is 98.3 cm³/mol. The number of hydrogen-bond acceptors (Lipinski definition) is 5. The summed E-state index contributed by atoms with van der Waals surface area (Å²) in [6.07, 6.45) is -0.171. The Bertz CT molecular complexity index is 933. The van der Waals surface area contributed by atoms with E-state index < -0.39 is 22.6 Å². The van der Waals surface area contributed by atoms with Crippen LogP contribution in [0.4, 0.5) is 15.8 Å². The van der Waals surface area contributed by atoms with Crippen molar-refractivity contribution < 1.29 is 18.9 Å². The molecule has 2 N–H and O–H groups in total. The number of nitro benzene ring substituents is 1. The van der Waals surface area contributed by atoms with E-state index in [4.69, 9.17) is 11.6 Å². The molecule has 2 aromatic carbocycles. The molecule has 2 aromatic rings. The van der Waals surface area contributed by atoms with E-state index in [-0.39, 0.29) is 34.1 Å². The van der Waals surface area contributed by atoms with Crippen molar-refractivity contribution in [1.29, 1.82) is 0 Å². The maximum absolute atomic E-state index is 13.5. The first-order valence-electron chi connectivity index (χ1n) is 7.59. The van der Waals surface area contributed by atoms with E-state index in [1.54, 1.807) is 6.07 Å². The number of nitrogens with one attached hydrogen (secondary N) is 2. The number of nitro groups is 1. The van der Waals surface area contributed by atoms with Gasteiger partial charge in [0.2, 0.25) is 5.91 Å². The van der Waals surface area contributed by atoms with Crippen LogP contribution in [0.15, 0.2) is 47.6 Å². The van der Waals surface area contributed by atoms with Crippen molar-refractivity contribution in [2.75, 3.05) is 5.32 Å². The fourth-order valence-electron chi connectivity index (χ4n) is 2.04. The molecular weight excluding hydrogens is 379 g/mol. The van der Waals surface area contributed by atoms with Crippen LogP contribution < -0.4 is 10.7 Å². The van der Waals surface area contributed by atoms with Gasteiger partial charge in [-0.3, -0.25) is 19.7 Å². The lowest BCUT2D eigenvalue weighted by Crippen LogP contribution is -2.21. The van der Waals surface area contributed by atoms with Gasteiger partial charge in [0.05, 0.1) is 17.0 Å². The average molecular weight is 393 g/mol. The minimum atomic E-state index is -0.666. The summed E-state index contributed by atoms with van der Waals surface area (Å²) >= 11 is 5.75. The van der Waals surface area contributed by atoms with Crippen LogP contribution in [0, 0.1) is 15.9 Å². The molecule has 0 unspecified atom stereocenters. The number of rotatable bonds is 6. The summed E-state index contributed by atoms with van der Waals surface area (Å²) in [6, 6.07) is 9.19. The van der Waals surface area contributed by atoms with E-state index in [2.05, 4.69) is 15.8 Å². The van der Waals surface area contributed by atoms with Crippen molar-refractivity contribution in [3.8, 4) is 0 Å². The zero-order chi connectivity index (χ0) is 20.0. The van der Waals surface area contributed by atoms with Gasteiger partial charge < -0.3 is 5.32 Å². The van der Waals surface area contributed by atoms with Crippen molar-refractivity contribution in [3.63, 3.8) is 0 Å². The average Bonchev–Trinajstić information content (AvgIpc) is 2.61. The van der Waals surface area contributed by atoms with E-state index in [1.807, 2.05) is 0 Å². The van der Waals surface area contributed by atoms with Crippen molar-refractivity contribution >= 4 is 40.5 Å². The lowest BCUT2D eigenvalue weighted by Gasteiger charge is -2.06. The third-order valence-electron chi connectivity index (χ3n) is 3.32. The van der Waals surface area contributed by atoms with E-state index in [1.165, 1.54) is 31.2 Å². The van der Waals surface area contributed by atoms with Gasteiger partial charge in [0.1, 0.15) is 10.8 Å². The van der Waals surface area contributed by atoms with E-state index in [9.17, 15) is 24.1 Å². The van der Waals surface area contributed by atoms with Crippen LogP contribution in [0.5, 0.6) is 0 Å². The molecule has 0 atom stereocenters. The van der Waals surface area contributed by atoms with Gasteiger partial charge in [0, 0.05) is 17.3 Å². The van der Waals surface area contributed by atoms with Crippen molar-refractivity contribution in [2.24, 2.45) is 5.10 Å². The van der Waals surface area contributed by atoms with Gasteiger partial charge in [0.25, 0.3) is 11.6 Å². The smallest absolute Gasteiger partial charge is 0.287 e. The minimum absolute atomic E-state index is 0.0415. The van der Waals surface area contributed by atoms with Gasteiger partial charge in [-0.2, -0.15) is 5.10 Å². The van der Waals surface area contributed by atoms with E-state index in [0.717, 1.165) is 12.1 Å². The standard InChI is InChI=1S/C17H14ClFN4O4/c1-10(8-16(24)20-14-5-3-2-4-13(14)19)21-22-17(25)11-6-7-15(23(26)27)12(18)9-11/h2-7,9H,8H2,1H3,(H,20,24)(H,22,25). The molecule has 2 rings (SSSR count). The zero-order valence-electron chi connectivity index (χ0n) is 14.0. The normalized spacial score (nSPS) is 11.0. The fraction of sp³-hybridized carbons (Fsp3) is 0.118. The summed E-state index contributed by atoms with van der Waals surface area (Å²) in [5.41, 5.74) is 2.28. The highest BCUT2D eigenvalue weighted by molar-refractivity contribution is 6.33. The van der Waals surface area contributed by atoms with Gasteiger partial charge in [-0.25, -0.2) is 9.82 Å². The van der Waals surface area contributed by atoms with Crippen LogP contribution >= 0.6 is 11.6 Å². The molecule has 0 spiro atoms. The lowest BCUT2D eigenvalue weighted by atomic mass is 10.2. The molecule has 0 aliphatic rings. The number of hydrogen-bond donors (Lipinski definition) is 2. The van der Waals surface area contributed by atoms with Crippen LogP contribution in [0.25, 0.3) is 0 Å².